The van der Waals surface area contributed by atoms with Crippen LogP contribution < -0.4 is 10.6 Å². The second kappa shape index (κ2) is 9.78. The molecule has 2 aromatic carbocycles. The molecule has 0 saturated heterocycles. The maximum Gasteiger partial charge on any atom is 0.350 e. The van der Waals surface area contributed by atoms with Gasteiger partial charge in [0.1, 0.15) is 6.07 Å². The molecule has 0 bridgehead atoms. The summed E-state index contributed by atoms with van der Waals surface area (Å²) in [5.41, 5.74) is 1.90. The number of hydrogen-bond acceptors (Lipinski definition) is 5. The minimum Gasteiger partial charge on any atom is -0.462 e. The highest BCUT2D eigenvalue weighted by molar-refractivity contribution is 5.95. The maximum atomic E-state index is 12.5. The molecule has 0 fully saturated rings. The Labute approximate surface area is 158 Å². The van der Waals surface area contributed by atoms with E-state index < -0.39 is 5.97 Å². The molecular formula is C21H21N3O3. The summed E-state index contributed by atoms with van der Waals surface area (Å²) in [5, 5.41) is 14.8. The van der Waals surface area contributed by atoms with Gasteiger partial charge in [-0.2, -0.15) is 5.26 Å². The Morgan fingerprint density at radius 3 is 2.59 bits per heavy atom. The van der Waals surface area contributed by atoms with Gasteiger partial charge in [0.25, 0.3) is 5.91 Å². The highest BCUT2D eigenvalue weighted by atomic mass is 16.5. The summed E-state index contributed by atoms with van der Waals surface area (Å²) in [7, 11) is 0. The van der Waals surface area contributed by atoms with Gasteiger partial charge in [0, 0.05) is 17.5 Å². The summed E-state index contributed by atoms with van der Waals surface area (Å²) >= 11 is 0. The second-order valence-corrected chi connectivity index (χ2v) is 5.72. The van der Waals surface area contributed by atoms with Crippen molar-refractivity contribution in [1.82, 2.24) is 5.32 Å². The Bertz CT molecular complexity index is 870. The molecule has 0 heterocycles. The summed E-state index contributed by atoms with van der Waals surface area (Å²) in [4.78, 5) is 24.1. The molecule has 0 aromatic heterocycles. The first-order chi connectivity index (χ1) is 13.0. The summed E-state index contributed by atoms with van der Waals surface area (Å²) in [6.45, 7) is 3.77. The zero-order valence-corrected chi connectivity index (χ0v) is 15.2. The molecule has 6 heteroatoms. The van der Waals surface area contributed by atoms with Crippen molar-refractivity contribution < 1.29 is 14.3 Å². The minimum atomic E-state index is -0.696. The third kappa shape index (κ3) is 5.72. The Balaban J connectivity index is 2.07. The number of nitriles is 1. The van der Waals surface area contributed by atoms with Gasteiger partial charge in [0.15, 0.2) is 5.57 Å². The molecule has 2 N–H and O–H groups in total. The lowest BCUT2D eigenvalue weighted by atomic mass is 10.1. The summed E-state index contributed by atoms with van der Waals surface area (Å²) < 4.78 is 4.80. The van der Waals surface area contributed by atoms with E-state index in [1.165, 1.54) is 6.20 Å². The van der Waals surface area contributed by atoms with E-state index in [0.717, 1.165) is 5.56 Å². The van der Waals surface area contributed by atoms with E-state index in [1.807, 2.05) is 37.3 Å². The van der Waals surface area contributed by atoms with Crippen molar-refractivity contribution in [2.24, 2.45) is 0 Å². The molecule has 27 heavy (non-hydrogen) atoms. The van der Waals surface area contributed by atoms with E-state index in [0.29, 0.717) is 11.3 Å². The predicted molar refractivity (Wildman–Crippen MR) is 103 cm³/mol. The summed E-state index contributed by atoms with van der Waals surface area (Å²) in [5.74, 6) is -0.914. The number of benzene rings is 2. The van der Waals surface area contributed by atoms with Crippen LogP contribution in [0.5, 0.6) is 0 Å². The molecular weight excluding hydrogens is 342 g/mol. The molecule has 0 aliphatic heterocycles. The number of esters is 1. The lowest BCUT2D eigenvalue weighted by Gasteiger charge is -2.14. The molecule has 138 valence electrons. The van der Waals surface area contributed by atoms with Crippen LogP contribution >= 0.6 is 0 Å². The molecule has 6 nitrogen and oxygen atoms in total. The van der Waals surface area contributed by atoms with Crippen molar-refractivity contribution in [3.05, 3.63) is 77.5 Å². The molecule has 0 spiro atoms. The molecule has 1 amide bonds. The Hall–Kier alpha value is -3.59. The van der Waals surface area contributed by atoms with Crippen molar-refractivity contribution in [2.75, 3.05) is 11.9 Å². The van der Waals surface area contributed by atoms with E-state index in [-0.39, 0.29) is 24.1 Å². The van der Waals surface area contributed by atoms with E-state index in [4.69, 9.17) is 10.00 Å². The third-order valence-electron chi connectivity index (χ3n) is 3.77. The minimum absolute atomic E-state index is 0.135. The first-order valence-corrected chi connectivity index (χ1v) is 8.55. The van der Waals surface area contributed by atoms with Crippen LogP contribution in [0, 0.1) is 11.3 Å². The van der Waals surface area contributed by atoms with Gasteiger partial charge in [-0.1, -0.05) is 36.4 Å². The van der Waals surface area contributed by atoms with Crippen LogP contribution in [0.4, 0.5) is 5.69 Å². The average Bonchev–Trinajstić information content (AvgIpc) is 2.69. The Kier molecular flexibility index (Phi) is 7.15. The molecule has 0 saturated carbocycles. The highest BCUT2D eigenvalue weighted by Crippen LogP contribution is 2.15. The number of amides is 1. The lowest BCUT2D eigenvalue weighted by molar-refractivity contribution is -0.138. The quantitative estimate of drug-likeness (QED) is 0.446. The van der Waals surface area contributed by atoms with Crippen LogP contribution in [-0.2, 0) is 9.53 Å². The first-order valence-electron chi connectivity index (χ1n) is 8.55. The zero-order valence-electron chi connectivity index (χ0n) is 15.2. The number of rotatable bonds is 7. The van der Waals surface area contributed by atoms with E-state index in [9.17, 15) is 9.59 Å². The number of nitrogens with zero attached hydrogens (tertiary/aromatic N) is 1. The molecule has 1 unspecified atom stereocenters. The normalized spacial score (nSPS) is 11.8. The zero-order chi connectivity index (χ0) is 19.6. The van der Waals surface area contributed by atoms with Gasteiger partial charge in [-0.3, -0.25) is 4.79 Å². The Morgan fingerprint density at radius 2 is 1.93 bits per heavy atom. The lowest BCUT2D eigenvalue weighted by Crippen LogP contribution is -2.26. The number of ether oxygens (including phenoxy) is 1. The van der Waals surface area contributed by atoms with Gasteiger partial charge in [-0.05, 0) is 37.6 Å². The van der Waals surface area contributed by atoms with Gasteiger partial charge in [0.2, 0.25) is 0 Å². The number of hydrogen-bond donors (Lipinski definition) is 2. The van der Waals surface area contributed by atoms with Crippen LogP contribution in [0.2, 0.25) is 0 Å². The summed E-state index contributed by atoms with van der Waals surface area (Å²) in [6, 6.07) is 18.1. The Morgan fingerprint density at radius 1 is 1.19 bits per heavy atom. The van der Waals surface area contributed by atoms with Crippen molar-refractivity contribution in [2.45, 2.75) is 19.9 Å². The van der Waals surface area contributed by atoms with E-state index in [1.54, 1.807) is 37.3 Å². The number of carbonyl (C=O) groups is 2. The fourth-order valence-corrected chi connectivity index (χ4v) is 2.36. The van der Waals surface area contributed by atoms with Gasteiger partial charge >= 0.3 is 5.97 Å². The van der Waals surface area contributed by atoms with E-state index >= 15 is 0 Å². The second-order valence-electron chi connectivity index (χ2n) is 5.72. The topological polar surface area (TPSA) is 91.2 Å². The smallest absolute Gasteiger partial charge is 0.350 e. The molecule has 0 aliphatic carbocycles. The molecule has 2 rings (SSSR count). The van der Waals surface area contributed by atoms with Crippen LogP contribution in [0.1, 0.15) is 35.8 Å². The van der Waals surface area contributed by atoms with Crippen LogP contribution in [-0.4, -0.2) is 18.5 Å². The fraction of sp³-hybridized carbons (Fsp3) is 0.190. The average molecular weight is 363 g/mol. The highest BCUT2D eigenvalue weighted by Gasteiger charge is 2.12. The molecule has 0 radical (unpaired) electrons. The van der Waals surface area contributed by atoms with Crippen molar-refractivity contribution >= 4 is 17.6 Å². The number of anilines is 1. The van der Waals surface area contributed by atoms with Crippen LogP contribution in [0.25, 0.3) is 0 Å². The van der Waals surface area contributed by atoms with Crippen molar-refractivity contribution in [1.29, 1.82) is 5.26 Å². The van der Waals surface area contributed by atoms with Crippen LogP contribution in [0.3, 0.4) is 0 Å². The molecule has 1 atom stereocenters. The SMILES string of the molecule is CCOC(=O)/C(C#N)=C\Nc1cccc(C(=O)NC(C)c2ccccc2)c1. The molecule has 0 aliphatic rings. The third-order valence-corrected chi connectivity index (χ3v) is 3.77. The van der Waals surface area contributed by atoms with Crippen molar-refractivity contribution in [3.63, 3.8) is 0 Å². The van der Waals surface area contributed by atoms with Gasteiger partial charge in [0.05, 0.1) is 12.6 Å². The largest absolute Gasteiger partial charge is 0.462 e. The van der Waals surface area contributed by atoms with Gasteiger partial charge in [-0.15, -0.1) is 0 Å². The van der Waals surface area contributed by atoms with E-state index in [2.05, 4.69) is 10.6 Å². The maximum absolute atomic E-state index is 12.5. The number of nitrogens with one attached hydrogen (secondary N) is 2. The molecule has 2 aromatic rings. The summed E-state index contributed by atoms with van der Waals surface area (Å²) in [6.07, 6.45) is 1.27. The fourth-order valence-electron chi connectivity index (χ4n) is 2.36. The predicted octanol–water partition coefficient (Wildman–Crippen LogP) is 3.56. The van der Waals surface area contributed by atoms with Gasteiger partial charge in [-0.25, -0.2) is 4.79 Å². The van der Waals surface area contributed by atoms with Crippen molar-refractivity contribution in [3.8, 4) is 6.07 Å². The standard InChI is InChI=1S/C21H21N3O3/c1-3-27-21(26)18(13-22)14-23-19-11-7-10-17(12-19)20(25)24-15(2)16-8-5-4-6-9-16/h4-12,14-15,23H,3H2,1-2H3,(H,24,25)/b18-14-. The number of carbonyl (C=O) groups excluding carboxylic acids is 2. The first kappa shape index (κ1) is 19.7. The van der Waals surface area contributed by atoms with Gasteiger partial charge < -0.3 is 15.4 Å². The monoisotopic (exact) mass is 363 g/mol. The van der Waals surface area contributed by atoms with Crippen LogP contribution in [0.15, 0.2) is 66.4 Å².